The predicted octanol–water partition coefficient (Wildman–Crippen LogP) is 5.10. The number of rotatable bonds is 6. The first-order valence-electron chi connectivity index (χ1n) is 8.77. The maximum absolute atomic E-state index is 10.5. The maximum Gasteiger partial charge on any atom is 0.303 e. The van der Waals surface area contributed by atoms with Gasteiger partial charge in [-0.1, -0.05) is 50.7 Å². The normalized spacial score (nSPS) is 23.5. The summed E-state index contributed by atoms with van der Waals surface area (Å²) >= 11 is 0. The molecule has 0 saturated heterocycles. The van der Waals surface area contributed by atoms with Crippen LogP contribution in [0.5, 0.6) is 0 Å². The molecule has 0 aromatic carbocycles. The van der Waals surface area contributed by atoms with Gasteiger partial charge in [-0.15, -0.1) is 0 Å². The van der Waals surface area contributed by atoms with E-state index in [0.717, 1.165) is 38.7 Å². The lowest BCUT2D eigenvalue weighted by Crippen LogP contribution is -2.13. The van der Waals surface area contributed by atoms with Gasteiger partial charge in [0.25, 0.3) is 0 Å². The Hall–Kier alpha value is -0.830. The van der Waals surface area contributed by atoms with E-state index in [4.69, 9.17) is 9.84 Å². The monoisotopic (exact) mass is 296 g/mol. The topological polar surface area (TPSA) is 46.5 Å². The van der Waals surface area contributed by atoms with E-state index in [0.29, 0.717) is 12.5 Å². The molecule has 1 aliphatic rings. The molecule has 0 aliphatic carbocycles. The molecule has 0 aromatic heterocycles. The van der Waals surface area contributed by atoms with Crippen LogP contribution in [0.25, 0.3) is 0 Å². The van der Waals surface area contributed by atoms with Gasteiger partial charge in [0, 0.05) is 13.0 Å². The SMILES string of the molecule is O=C(O)CCCCCC1C/C=C\CCCCCCCCO1. The maximum atomic E-state index is 10.5. The van der Waals surface area contributed by atoms with Crippen molar-refractivity contribution in [1.29, 1.82) is 0 Å². The highest BCUT2D eigenvalue weighted by molar-refractivity contribution is 5.66. The first-order valence-corrected chi connectivity index (χ1v) is 8.77. The van der Waals surface area contributed by atoms with Crippen molar-refractivity contribution in [1.82, 2.24) is 0 Å². The molecular formula is C18H32O3. The summed E-state index contributed by atoms with van der Waals surface area (Å²) in [6.07, 6.45) is 19.2. The Morgan fingerprint density at radius 1 is 1.00 bits per heavy atom. The smallest absolute Gasteiger partial charge is 0.303 e. The summed E-state index contributed by atoms with van der Waals surface area (Å²) in [4.78, 5) is 10.5. The summed E-state index contributed by atoms with van der Waals surface area (Å²) in [7, 11) is 0. The number of hydrogen-bond acceptors (Lipinski definition) is 2. The Morgan fingerprint density at radius 2 is 1.76 bits per heavy atom. The second kappa shape index (κ2) is 12.9. The lowest BCUT2D eigenvalue weighted by atomic mass is 10.1. The van der Waals surface area contributed by atoms with Crippen molar-refractivity contribution >= 4 is 5.97 Å². The van der Waals surface area contributed by atoms with Gasteiger partial charge in [0.2, 0.25) is 0 Å². The fraction of sp³-hybridized carbons (Fsp3) is 0.833. The summed E-state index contributed by atoms with van der Waals surface area (Å²) in [6, 6.07) is 0. The molecule has 1 aliphatic heterocycles. The predicted molar refractivity (Wildman–Crippen MR) is 86.5 cm³/mol. The first-order chi connectivity index (χ1) is 10.3. The molecule has 0 aromatic rings. The van der Waals surface area contributed by atoms with Gasteiger partial charge in [-0.2, -0.15) is 0 Å². The minimum Gasteiger partial charge on any atom is -0.481 e. The number of ether oxygens (including phenoxy) is 1. The quantitative estimate of drug-likeness (QED) is 0.548. The van der Waals surface area contributed by atoms with Gasteiger partial charge >= 0.3 is 5.97 Å². The zero-order chi connectivity index (χ0) is 15.2. The molecule has 0 saturated carbocycles. The summed E-state index contributed by atoms with van der Waals surface area (Å²) < 4.78 is 6.02. The summed E-state index contributed by atoms with van der Waals surface area (Å²) in [5.41, 5.74) is 0. The van der Waals surface area contributed by atoms with Gasteiger partial charge in [0.05, 0.1) is 6.10 Å². The molecule has 1 rings (SSSR count). The van der Waals surface area contributed by atoms with Crippen LogP contribution in [0.4, 0.5) is 0 Å². The van der Waals surface area contributed by atoms with E-state index in [2.05, 4.69) is 12.2 Å². The molecule has 3 nitrogen and oxygen atoms in total. The molecule has 1 atom stereocenters. The van der Waals surface area contributed by atoms with Gasteiger partial charge < -0.3 is 9.84 Å². The van der Waals surface area contributed by atoms with Gasteiger partial charge in [-0.25, -0.2) is 0 Å². The van der Waals surface area contributed by atoms with Crippen LogP contribution in [0.15, 0.2) is 12.2 Å². The molecule has 1 unspecified atom stereocenters. The van der Waals surface area contributed by atoms with Gasteiger partial charge in [0.15, 0.2) is 0 Å². The summed E-state index contributed by atoms with van der Waals surface area (Å²) in [5, 5.41) is 8.63. The highest BCUT2D eigenvalue weighted by Crippen LogP contribution is 2.15. The number of allylic oxidation sites excluding steroid dienone is 1. The van der Waals surface area contributed by atoms with Crippen molar-refractivity contribution in [2.24, 2.45) is 0 Å². The van der Waals surface area contributed by atoms with Crippen LogP contribution in [-0.2, 0) is 9.53 Å². The molecule has 3 heteroatoms. The Morgan fingerprint density at radius 3 is 2.57 bits per heavy atom. The fourth-order valence-electron chi connectivity index (χ4n) is 2.78. The van der Waals surface area contributed by atoms with E-state index in [1.165, 1.54) is 44.9 Å². The number of carboxylic acid groups (broad SMARTS) is 1. The number of carbonyl (C=O) groups is 1. The third-order valence-corrected chi connectivity index (χ3v) is 4.10. The molecular weight excluding hydrogens is 264 g/mol. The number of hydrogen-bond donors (Lipinski definition) is 1. The second-order valence-corrected chi connectivity index (χ2v) is 6.10. The average Bonchev–Trinajstić information content (AvgIpc) is 2.48. The summed E-state index contributed by atoms with van der Waals surface area (Å²) in [5.74, 6) is -0.684. The number of carboxylic acids is 1. The lowest BCUT2D eigenvalue weighted by molar-refractivity contribution is -0.137. The highest BCUT2D eigenvalue weighted by Gasteiger charge is 2.08. The van der Waals surface area contributed by atoms with E-state index in [9.17, 15) is 4.79 Å². The Bertz CT molecular complexity index is 286. The van der Waals surface area contributed by atoms with Gasteiger partial charge in [-0.3, -0.25) is 4.79 Å². The Kier molecular flexibility index (Phi) is 11.2. The van der Waals surface area contributed by atoms with Crippen LogP contribution in [-0.4, -0.2) is 23.8 Å². The van der Waals surface area contributed by atoms with Crippen LogP contribution in [0, 0.1) is 0 Å². The molecule has 0 bridgehead atoms. The van der Waals surface area contributed by atoms with Crippen molar-refractivity contribution in [2.45, 2.75) is 89.6 Å². The average molecular weight is 296 g/mol. The van der Waals surface area contributed by atoms with Crippen LogP contribution in [0.2, 0.25) is 0 Å². The lowest BCUT2D eigenvalue weighted by Gasteiger charge is -2.16. The second-order valence-electron chi connectivity index (χ2n) is 6.10. The van der Waals surface area contributed by atoms with Crippen molar-refractivity contribution in [2.75, 3.05) is 6.61 Å². The number of unbranched alkanes of at least 4 members (excludes halogenated alkanes) is 2. The van der Waals surface area contributed by atoms with Crippen molar-refractivity contribution in [3.05, 3.63) is 12.2 Å². The fourth-order valence-corrected chi connectivity index (χ4v) is 2.78. The molecule has 0 amide bonds. The van der Waals surface area contributed by atoms with E-state index in [1.807, 2.05) is 0 Å². The third kappa shape index (κ3) is 11.5. The Labute approximate surface area is 129 Å². The zero-order valence-electron chi connectivity index (χ0n) is 13.4. The minimum atomic E-state index is -0.684. The molecule has 21 heavy (non-hydrogen) atoms. The molecule has 1 N–H and O–H groups in total. The van der Waals surface area contributed by atoms with Crippen LogP contribution >= 0.6 is 0 Å². The minimum absolute atomic E-state index is 0.297. The van der Waals surface area contributed by atoms with E-state index in [1.54, 1.807) is 0 Å². The van der Waals surface area contributed by atoms with Gasteiger partial charge in [-0.05, 0) is 38.5 Å². The first kappa shape index (κ1) is 18.2. The standard InChI is InChI=1S/C18H32O3/c19-18(20)15-11-8-10-14-17-13-9-6-4-2-1-3-5-7-12-16-21-17/h6,9,17H,1-5,7-8,10-16H2,(H,19,20)/b9-6-. The molecule has 0 spiro atoms. The van der Waals surface area contributed by atoms with E-state index >= 15 is 0 Å². The summed E-state index contributed by atoms with van der Waals surface area (Å²) in [6.45, 7) is 0.883. The molecule has 122 valence electrons. The van der Waals surface area contributed by atoms with Crippen LogP contribution in [0.3, 0.4) is 0 Å². The molecule has 1 heterocycles. The van der Waals surface area contributed by atoms with Crippen molar-refractivity contribution in [3.8, 4) is 0 Å². The van der Waals surface area contributed by atoms with E-state index < -0.39 is 5.97 Å². The van der Waals surface area contributed by atoms with Crippen LogP contribution < -0.4 is 0 Å². The van der Waals surface area contributed by atoms with Gasteiger partial charge in [0.1, 0.15) is 0 Å². The highest BCUT2D eigenvalue weighted by atomic mass is 16.5. The molecule has 0 radical (unpaired) electrons. The third-order valence-electron chi connectivity index (χ3n) is 4.10. The van der Waals surface area contributed by atoms with E-state index in [-0.39, 0.29) is 0 Å². The van der Waals surface area contributed by atoms with Crippen molar-refractivity contribution < 1.29 is 14.6 Å². The Balaban J connectivity index is 2.21. The molecule has 0 fully saturated rings. The van der Waals surface area contributed by atoms with Crippen molar-refractivity contribution in [3.63, 3.8) is 0 Å². The zero-order valence-corrected chi connectivity index (χ0v) is 13.4. The largest absolute Gasteiger partial charge is 0.481 e. The number of aliphatic carboxylic acids is 1. The van der Waals surface area contributed by atoms with Crippen LogP contribution in [0.1, 0.15) is 83.5 Å².